The molecule has 1 aromatic carbocycles. The number of aliphatic hydroxyl groups is 1. The van der Waals surface area contributed by atoms with Crippen molar-refractivity contribution < 1.29 is 28.6 Å². The standard InChI is InChI=1S/C25H31NO6/c1-15(2)20-14-31-25(30)26(20)24(29)17(4)23(28)22-13-19(18-9-7-8-16(3)12-18)21(32-22)10-5-6-11-27/h7-9,12-13,15,17,20,27H,5-6,10-11,14H2,1-4H3/t17-,20+/m1/s1. The number of rotatable bonds is 9. The molecule has 7 nitrogen and oxygen atoms in total. The summed E-state index contributed by atoms with van der Waals surface area (Å²) in [4.78, 5) is 39.4. The van der Waals surface area contributed by atoms with Crippen LogP contribution in [0, 0.1) is 18.8 Å². The number of cyclic esters (lactones) is 1. The smallest absolute Gasteiger partial charge is 0.417 e. The number of aliphatic hydroxyl groups excluding tert-OH is 1. The molecular formula is C25H31NO6. The molecule has 32 heavy (non-hydrogen) atoms. The lowest BCUT2D eigenvalue weighted by molar-refractivity contribution is -0.132. The van der Waals surface area contributed by atoms with Crippen molar-refractivity contribution in [1.29, 1.82) is 0 Å². The quantitative estimate of drug-likeness (QED) is 0.352. The van der Waals surface area contributed by atoms with Crippen LogP contribution in [0.3, 0.4) is 0 Å². The van der Waals surface area contributed by atoms with Gasteiger partial charge in [-0.2, -0.15) is 0 Å². The Hall–Kier alpha value is -2.93. The summed E-state index contributed by atoms with van der Waals surface area (Å²) < 4.78 is 11.0. The predicted molar refractivity (Wildman–Crippen MR) is 119 cm³/mol. The molecule has 2 heterocycles. The third kappa shape index (κ3) is 4.93. The molecule has 172 valence electrons. The summed E-state index contributed by atoms with van der Waals surface area (Å²) in [5, 5.41) is 9.12. The van der Waals surface area contributed by atoms with Crippen LogP contribution in [-0.2, 0) is 16.0 Å². The molecule has 1 aromatic heterocycles. The molecule has 7 heteroatoms. The summed E-state index contributed by atoms with van der Waals surface area (Å²) in [6.45, 7) is 7.50. The van der Waals surface area contributed by atoms with Crippen molar-refractivity contribution in [1.82, 2.24) is 4.90 Å². The lowest BCUT2D eigenvalue weighted by atomic mass is 9.98. The number of hydrogen-bond acceptors (Lipinski definition) is 6. The van der Waals surface area contributed by atoms with Crippen molar-refractivity contribution in [3.05, 3.63) is 47.4 Å². The fraction of sp³-hybridized carbons (Fsp3) is 0.480. The number of carbonyl (C=O) groups excluding carboxylic acids is 3. The maximum atomic E-state index is 13.2. The molecular weight excluding hydrogens is 410 g/mol. The fourth-order valence-electron chi connectivity index (χ4n) is 3.90. The molecule has 0 aliphatic carbocycles. The fourth-order valence-corrected chi connectivity index (χ4v) is 3.90. The number of amides is 2. The van der Waals surface area contributed by atoms with Crippen molar-refractivity contribution in [2.45, 2.75) is 53.0 Å². The second-order valence-corrected chi connectivity index (χ2v) is 8.68. The Morgan fingerprint density at radius 1 is 1.19 bits per heavy atom. The molecule has 0 saturated carbocycles. The van der Waals surface area contributed by atoms with Gasteiger partial charge in [-0.05, 0) is 44.2 Å². The number of nitrogens with zero attached hydrogens (tertiary/aromatic N) is 1. The van der Waals surface area contributed by atoms with Crippen LogP contribution in [0.1, 0.15) is 55.5 Å². The Balaban J connectivity index is 1.89. The molecule has 1 aliphatic heterocycles. The summed E-state index contributed by atoms with van der Waals surface area (Å²) in [6, 6.07) is 9.17. The lowest BCUT2D eigenvalue weighted by Crippen LogP contribution is -2.45. The van der Waals surface area contributed by atoms with Gasteiger partial charge >= 0.3 is 6.09 Å². The summed E-state index contributed by atoms with van der Waals surface area (Å²) in [7, 11) is 0. The molecule has 1 saturated heterocycles. The monoisotopic (exact) mass is 441 g/mol. The van der Waals surface area contributed by atoms with Crippen molar-refractivity contribution in [3.8, 4) is 11.1 Å². The maximum absolute atomic E-state index is 13.2. The molecule has 2 aromatic rings. The third-order valence-corrected chi connectivity index (χ3v) is 5.87. The van der Waals surface area contributed by atoms with Crippen LogP contribution < -0.4 is 0 Å². The summed E-state index contributed by atoms with van der Waals surface area (Å²) in [5.74, 6) is -1.38. The first kappa shape index (κ1) is 23.7. The van der Waals surface area contributed by atoms with Gasteiger partial charge in [0.2, 0.25) is 11.7 Å². The highest BCUT2D eigenvalue weighted by Crippen LogP contribution is 2.31. The minimum absolute atomic E-state index is 0.0161. The van der Waals surface area contributed by atoms with Crippen molar-refractivity contribution >= 4 is 17.8 Å². The van der Waals surface area contributed by atoms with E-state index in [2.05, 4.69) is 0 Å². The number of imide groups is 1. The predicted octanol–water partition coefficient (Wildman–Crippen LogP) is 4.39. The first-order valence-corrected chi connectivity index (χ1v) is 11.1. The van der Waals surface area contributed by atoms with Crippen molar-refractivity contribution in [3.63, 3.8) is 0 Å². The van der Waals surface area contributed by atoms with Gasteiger partial charge in [-0.3, -0.25) is 9.59 Å². The molecule has 0 radical (unpaired) electrons. The Kier molecular flexibility index (Phi) is 7.51. The zero-order valence-electron chi connectivity index (χ0n) is 19.1. The minimum Gasteiger partial charge on any atom is -0.457 e. The number of aryl methyl sites for hydroxylation is 2. The van der Waals surface area contributed by atoms with Crippen LogP contribution in [0.2, 0.25) is 0 Å². The van der Waals surface area contributed by atoms with Gasteiger partial charge in [0.05, 0.1) is 6.04 Å². The van der Waals surface area contributed by atoms with Gasteiger partial charge < -0.3 is 14.3 Å². The Labute approximate surface area is 188 Å². The SMILES string of the molecule is Cc1cccc(-c2cc(C(=O)[C@@H](C)C(=O)N3C(=O)OC[C@H]3C(C)C)oc2CCCCO)c1. The number of ether oxygens (including phenoxy) is 1. The van der Waals surface area contributed by atoms with E-state index in [1.54, 1.807) is 6.07 Å². The lowest BCUT2D eigenvalue weighted by Gasteiger charge is -2.24. The zero-order valence-corrected chi connectivity index (χ0v) is 19.1. The van der Waals surface area contributed by atoms with E-state index in [0.29, 0.717) is 25.0 Å². The van der Waals surface area contributed by atoms with E-state index in [1.165, 1.54) is 6.92 Å². The van der Waals surface area contributed by atoms with Crippen molar-refractivity contribution in [2.75, 3.05) is 13.2 Å². The van der Waals surface area contributed by atoms with Crippen LogP contribution >= 0.6 is 0 Å². The molecule has 2 atom stereocenters. The second kappa shape index (κ2) is 10.1. The first-order chi connectivity index (χ1) is 15.2. The van der Waals surface area contributed by atoms with E-state index in [4.69, 9.17) is 14.3 Å². The minimum atomic E-state index is -1.08. The average Bonchev–Trinajstić information content (AvgIpc) is 3.36. The molecule has 0 unspecified atom stereocenters. The van der Waals surface area contributed by atoms with Crippen LogP contribution in [0.25, 0.3) is 11.1 Å². The van der Waals surface area contributed by atoms with Crippen LogP contribution in [0.15, 0.2) is 34.7 Å². The third-order valence-electron chi connectivity index (χ3n) is 5.87. The van der Waals surface area contributed by atoms with Crippen LogP contribution in [0.4, 0.5) is 4.79 Å². The molecule has 1 aliphatic rings. The van der Waals surface area contributed by atoms with E-state index in [0.717, 1.165) is 21.6 Å². The van der Waals surface area contributed by atoms with Crippen LogP contribution in [0.5, 0.6) is 0 Å². The molecule has 0 bridgehead atoms. The summed E-state index contributed by atoms with van der Waals surface area (Å²) in [6.07, 6.45) is 1.19. The molecule has 2 amide bonds. The number of unbranched alkanes of at least 4 members (excludes halogenated alkanes) is 1. The number of hydrogen-bond donors (Lipinski definition) is 1. The van der Waals surface area contributed by atoms with Gasteiger partial charge in [0, 0.05) is 18.6 Å². The van der Waals surface area contributed by atoms with Crippen molar-refractivity contribution in [2.24, 2.45) is 11.8 Å². The van der Waals surface area contributed by atoms with E-state index >= 15 is 0 Å². The van der Waals surface area contributed by atoms with E-state index < -0.39 is 29.7 Å². The summed E-state index contributed by atoms with van der Waals surface area (Å²) in [5.41, 5.74) is 2.80. The van der Waals surface area contributed by atoms with Gasteiger partial charge in [-0.1, -0.05) is 43.7 Å². The first-order valence-electron chi connectivity index (χ1n) is 11.1. The maximum Gasteiger partial charge on any atom is 0.417 e. The summed E-state index contributed by atoms with van der Waals surface area (Å²) >= 11 is 0. The van der Waals surface area contributed by atoms with Crippen LogP contribution in [-0.4, -0.2) is 47.0 Å². The second-order valence-electron chi connectivity index (χ2n) is 8.68. The number of benzene rings is 1. The molecule has 0 spiro atoms. The molecule has 1 N–H and O–H groups in total. The van der Waals surface area contributed by atoms with Gasteiger partial charge in [0.15, 0.2) is 5.76 Å². The highest BCUT2D eigenvalue weighted by molar-refractivity contribution is 6.12. The highest BCUT2D eigenvalue weighted by Gasteiger charge is 2.43. The normalized spacial score (nSPS) is 17.0. The van der Waals surface area contributed by atoms with E-state index in [9.17, 15) is 14.4 Å². The Bertz CT molecular complexity index is 992. The van der Waals surface area contributed by atoms with E-state index in [1.807, 2.05) is 45.0 Å². The number of Topliss-reactive ketones (excluding diaryl/α,β-unsaturated/α-hetero) is 1. The van der Waals surface area contributed by atoms with Gasteiger partial charge in [0.1, 0.15) is 18.3 Å². The van der Waals surface area contributed by atoms with E-state index in [-0.39, 0.29) is 24.9 Å². The van der Waals surface area contributed by atoms with Gasteiger partial charge in [-0.25, -0.2) is 9.69 Å². The Morgan fingerprint density at radius 2 is 1.94 bits per heavy atom. The number of furan rings is 1. The zero-order chi connectivity index (χ0) is 23.4. The van der Waals surface area contributed by atoms with Gasteiger partial charge in [-0.15, -0.1) is 0 Å². The highest BCUT2D eigenvalue weighted by atomic mass is 16.6. The number of carbonyl (C=O) groups is 3. The van der Waals surface area contributed by atoms with Gasteiger partial charge in [0.25, 0.3) is 0 Å². The largest absolute Gasteiger partial charge is 0.457 e. The Morgan fingerprint density at radius 3 is 2.59 bits per heavy atom. The topological polar surface area (TPSA) is 97.1 Å². The molecule has 3 rings (SSSR count). The number of ketones is 1. The molecule has 1 fully saturated rings. The average molecular weight is 442 g/mol.